The highest BCUT2D eigenvalue weighted by Gasteiger charge is 2.34. The molecule has 0 bridgehead atoms. The van der Waals surface area contributed by atoms with Crippen molar-refractivity contribution in [1.82, 2.24) is 15.1 Å². The van der Waals surface area contributed by atoms with Crippen LogP contribution in [-0.2, 0) is 24.3 Å². The summed E-state index contributed by atoms with van der Waals surface area (Å²) >= 11 is 5.90. The molecule has 1 fully saturated rings. The molecule has 4 rings (SSSR count). The zero-order valence-electron chi connectivity index (χ0n) is 14.4. The average Bonchev–Trinajstić information content (AvgIpc) is 3.19. The van der Waals surface area contributed by atoms with Crippen LogP contribution in [-0.4, -0.2) is 39.5 Å². The van der Waals surface area contributed by atoms with Crippen molar-refractivity contribution in [3.05, 3.63) is 52.3 Å². The second-order valence-electron chi connectivity index (χ2n) is 7.11. The molecule has 2 heterocycles. The van der Waals surface area contributed by atoms with Crippen LogP contribution in [0.3, 0.4) is 0 Å². The summed E-state index contributed by atoms with van der Waals surface area (Å²) < 4.78 is 7.25. The topological polar surface area (TPSA) is 76.4 Å². The van der Waals surface area contributed by atoms with Gasteiger partial charge in [0, 0.05) is 18.3 Å². The molecule has 7 heteroatoms. The van der Waals surface area contributed by atoms with Crippen LogP contribution < -0.4 is 5.32 Å². The van der Waals surface area contributed by atoms with E-state index in [9.17, 15) is 9.90 Å². The maximum absolute atomic E-state index is 12.8. The third-order valence-corrected chi connectivity index (χ3v) is 5.46. The summed E-state index contributed by atoms with van der Waals surface area (Å²) in [7, 11) is 0. The van der Waals surface area contributed by atoms with Crippen LogP contribution in [0.25, 0.3) is 0 Å². The summed E-state index contributed by atoms with van der Waals surface area (Å²) in [5.41, 5.74) is 2.83. The minimum absolute atomic E-state index is 0.115. The normalized spacial score (nSPS) is 25.1. The van der Waals surface area contributed by atoms with E-state index >= 15 is 0 Å². The molecule has 2 N–H and O–H groups in total. The average molecular weight is 376 g/mol. The van der Waals surface area contributed by atoms with Crippen LogP contribution in [0.15, 0.2) is 30.6 Å². The lowest BCUT2D eigenvalue weighted by molar-refractivity contribution is 0.0864. The smallest absolute Gasteiger partial charge is 0.251 e. The van der Waals surface area contributed by atoms with Gasteiger partial charge in [0.25, 0.3) is 5.91 Å². The lowest BCUT2D eigenvalue weighted by Gasteiger charge is -2.21. The summed E-state index contributed by atoms with van der Waals surface area (Å²) in [4.78, 5) is 12.8. The van der Waals surface area contributed by atoms with Gasteiger partial charge >= 0.3 is 0 Å². The lowest BCUT2D eigenvalue weighted by atomic mass is 9.96. The van der Waals surface area contributed by atoms with Crippen molar-refractivity contribution in [3.8, 4) is 0 Å². The van der Waals surface area contributed by atoms with Gasteiger partial charge in [-0.15, -0.1) is 0 Å². The molecule has 2 aliphatic rings. The number of aliphatic hydroxyl groups is 1. The molecule has 6 nitrogen and oxygen atoms in total. The van der Waals surface area contributed by atoms with E-state index < -0.39 is 6.10 Å². The van der Waals surface area contributed by atoms with E-state index in [2.05, 4.69) is 10.4 Å². The first kappa shape index (κ1) is 17.5. The first-order chi connectivity index (χ1) is 12.6. The Morgan fingerprint density at radius 1 is 1.42 bits per heavy atom. The van der Waals surface area contributed by atoms with Gasteiger partial charge in [-0.2, -0.15) is 5.10 Å². The molecule has 1 aliphatic carbocycles. The molecule has 1 aromatic carbocycles. The molecule has 1 aliphatic heterocycles. The number of benzene rings is 1. The van der Waals surface area contributed by atoms with Crippen molar-refractivity contribution in [1.29, 1.82) is 0 Å². The number of nitrogens with one attached hydrogen (secondary N) is 1. The number of carbonyl (C=O) groups is 1. The number of aromatic nitrogens is 2. The number of nitrogens with zero attached hydrogens (tertiary/aromatic N) is 2. The van der Waals surface area contributed by atoms with Gasteiger partial charge in [0.15, 0.2) is 0 Å². The van der Waals surface area contributed by atoms with Crippen molar-refractivity contribution >= 4 is 17.5 Å². The van der Waals surface area contributed by atoms with E-state index in [1.807, 2.05) is 18.2 Å². The quantitative estimate of drug-likeness (QED) is 0.858. The molecule has 3 atom stereocenters. The zero-order valence-corrected chi connectivity index (χ0v) is 15.2. The predicted molar refractivity (Wildman–Crippen MR) is 97.0 cm³/mol. The van der Waals surface area contributed by atoms with Gasteiger partial charge in [-0.1, -0.05) is 23.7 Å². The summed E-state index contributed by atoms with van der Waals surface area (Å²) in [6.07, 6.45) is 4.95. The largest absolute Gasteiger partial charge is 0.391 e. The van der Waals surface area contributed by atoms with E-state index in [0.29, 0.717) is 36.8 Å². The molecule has 1 aromatic heterocycles. The molecular formula is C19H22ClN3O3. The number of amides is 1. The number of carbonyl (C=O) groups excluding carboxylic acids is 1. The fourth-order valence-corrected chi connectivity index (χ4v) is 4.16. The van der Waals surface area contributed by atoms with Crippen LogP contribution in [0, 0.1) is 5.92 Å². The minimum atomic E-state index is -0.544. The van der Waals surface area contributed by atoms with Crippen molar-refractivity contribution in [3.63, 3.8) is 0 Å². The number of hydrogen-bond donors (Lipinski definition) is 2. The number of fused-ring (bicyclic) bond motifs is 1. The minimum Gasteiger partial charge on any atom is -0.391 e. The fourth-order valence-electron chi connectivity index (χ4n) is 4.01. The highest BCUT2D eigenvalue weighted by molar-refractivity contribution is 6.30. The van der Waals surface area contributed by atoms with Crippen LogP contribution in [0.1, 0.15) is 34.3 Å². The third-order valence-electron chi connectivity index (χ3n) is 5.26. The highest BCUT2D eigenvalue weighted by atomic mass is 35.5. The molecule has 138 valence electrons. The Hall–Kier alpha value is -1.89. The molecule has 1 amide bonds. The van der Waals surface area contributed by atoms with Gasteiger partial charge in [-0.3, -0.25) is 9.48 Å². The van der Waals surface area contributed by atoms with E-state index in [0.717, 1.165) is 24.0 Å². The van der Waals surface area contributed by atoms with E-state index in [4.69, 9.17) is 16.3 Å². The van der Waals surface area contributed by atoms with Gasteiger partial charge in [0.2, 0.25) is 0 Å². The molecule has 0 spiro atoms. The van der Waals surface area contributed by atoms with Crippen LogP contribution in [0.5, 0.6) is 0 Å². The lowest BCUT2D eigenvalue weighted by Crippen LogP contribution is -2.40. The highest BCUT2D eigenvalue weighted by Crippen LogP contribution is 2.28. The van der Waals surface area contributed by atoms with Gasteiger partial charge in [-0.25, -0.2) is 0 Å². The molecule has 0 saturated heterocycles. The third kappa shape index (κ3) is 3.63. The number of ether oxygens (including phenoxy) is 1. The van der Waals surface area contributed by atoms with E-state index in [1.165, 1.54) is 0 Å². The van der Waals surface area contributed by atoms with Gasteiger partial charge in [-0.05, 0) is 42.4 Å². The Morgan fingerprint density at radius 2 is 2.31 bits per heavy atom. The summed E-state index contributed by atoms with van der Waals surface area (Å²) in [5.74, 6) is 0.139. The maximum Gasteiger partial charge on any atom is 0.251 e. The number of rotatable bonds is 4. The van der Waals surface area contributed by atoms with Crippen molar-refractivity contribution < 1.29 is 14.6 Å². The van der Waals surface area contributed by atoms with Crippen LogP contribution >= 0.6 is 11.6 Å². The van der Waals surface area contributed by atoms with Crippen molar-refractivity contribution in [2.24, 2.45) is 5.92 Å². The Balaban J connectivity index is 1.42. The first-order valence-electron chi connectivity index (χ1n) is 8.95. The second-order valence-corrected chi connectivity index (χ2v) is 7.55. The van der Waals surface area contributed by atoms with E-state index in [-0.39, 0.29) is 17.9 Å². The fraction of sp³-hybridized carbons (Fsp3) is 0.474. The van der Waals surface area contributed by atoms with Crippen molar-refractivity contribution in [2.45, 2.75) is 44.6 Å². The Morgan fingerprint density at radius 3 is 3.12 bits per heavy atom. The predicted octanol–water partition coefficient (Wildman–Crippen LogP) is 2.18. The van der Waals surface area contributed by atoms with E-state index in [1.54, 1.807) is 17.1 Å². The molecule has 26 heavy (non-hydrogen) atoms. The molecule has 0 radical (unpaired) electrons. The Bertz CT molecular complexity index is 807. The summed E-state index contributed by atoms with van der Waals surface area (Å²) in [6.45, 7) is 1.88. The van der Waals surface area contributed by atoms with Gasteiger partial charge < -0.3 is 15.2 Å². The Labute approximate surface area is 157 Å². The first-order valence-corrected chi connectivity index (χ1v) is 9.33. The number of aliphatic hydroxyl groups excluding tert-OH is 1. The maximum atomic E-state index is 12.8. The van der Waals surface area contributed by atoms with Gasteiger partial charge in [0.1, 0.15) is 0 Å². The number of halogens is 1. The number of hydrogen-bond acceptors (Lipinski definition) is 4. The van der Waals surface area contributed by atoms with Crippen molar-refractivity contribution in [2.75, 3.05) is 6.61 Å². The molecule has 2 aromatic rings. The van der Waals surface area contributed by atoms with Gasteiger partial charge in [0.05, 0.1) is 36.6 Å². The molecule has 1 unspecified atom stereocenters. The SMILES string of the molecule is O=C(N[C@@H]1CC(Cn2cc(Cl)cn2)C[C@H]1O)c1cccc2c1CCOC2. The summed E-state index contributed by atoms with van der Waals surface area (Å²) in [5, 5.41) is 18.2. The monoisotopic (exact) mass is 375 g/mol. The van der Waals surface area contributed by atoms with Crippen LogP contribution in [0.4, 0.5) is 0 Å². The Kier molecular flexibility index (Phi) is 4.98. The van der Waals surface area contributed by atoms with Crippen LogP contribution in [0.2, 0.25) is 5.02 Å². The standard InChI is InChI=1S/C19H22ClN3O3/c20-14-8-21-23(10-14)9-12-6-17(18(24)7-12)22-19(25)16-3-1-2-13-11-26-5-4-15(13)16/h1-3,8,10,12,17-18,24H,4-7,9,11H2,(H,22,25)/t12?,17-,18-/m1/s1. The molecule has 1 saturated carbocycles. The zero-order chi connectivity index (χ0) is 18.1. The summed E-state index contributed by atoms with van der Waals surface area (Å²) in [6, 6.07) is 5.50. The molecular weight excluding hydrogens is 354 g/mol. The second kappa shape index (κ2) is 7.39.